The molecule has 2 aromatic rings. The number of amides is 1. The minimum Gasteiger partial charge on any atom is -0.456 e. The number of hydrogen-bond acceptors (Lipinski definition) is 5. The Morgan fingerprint density at radius 3 is 2.24 bits per heavy atom. The third-order valence-electron chi connectivity index (χ3n) is 3.29. The zero-order valence-corrected chi connectivity index (χ0v) is 14.2. The number of primary sulfonamides is 1. The van der Waals surface area contributed by atoms with Crippen LogP contribution in [0.5, 0.6) is 0 Å². The molecule has 2 aromatic carbocycles. The first kappa shape index (κ1) is 18.6. The second-order valence-corrected chi connectivity index (χ2v) is 6.83. The van der Waals surface area contributed by atoms with Crippen LogP contribution in [0.15, 0.2) is 59.5 Å². The number of esters is 1. The van der Waals surface area contributed by atoms with Crippen molar-refractivity contribution >= 4 is 27.6 Å². The van der Waals surface area contributed by atoms with Crippen LogP contribution in [-0.2, 0) is 30.8 Å². The van der Waals surface area contributed by atoms with E-state index in [2.05, 4.69) is 5.32 Å². The van der Waals surface area contributed by atoms with Crippen LogP contribution < -0.4 is 10.5 Å². The minimum atomic E-state index is -3.73. The van der Waals surface area contributed by atoms with Crippen LogP contribution in [0, 0.1) is 0 Å². The van der Waals surface area contributed by atoms with Gasteiger partial charge < -0.3 is 10.1 Å². The minimum absolute atomic E-state index is 0.0106. The molecule has 0 heterocycles. The van der Waals surface area contributed by atoms with Crippen molar-refractivity contribution in [3.8, 4) is 0 Å². The Kier molecular flexibility index (Phi) is 6.26. The topological polar surface area (TPSA) is 116 Å². The molecule has 0 saturated carbocycles. The van der Waals surface area contributed by atoms with E-state index in [9.17, 15) is 18.0 Å². The highest BCUT2D eigenvalue weighted by Crippen LogP contribution is 2.10. The van der Waals surface area contributed by atoms with Crippen LogP contribution in [0.4, 0.5) is 5.69 Å². The number of nitrogens with one attached hydrogen (secondary N) is 1. The molecule has 3 N–H and O–H groups in total. The molecule has 0 aliphatic heterocycles. The quantitative estimate of drug-likeness (QED) is 0.723. The first-order chi connectivity index (χ1) is 11.8. The summed E-state index contributed by atoms with van der Waals surface area (Å²) in [7, 11) is -3.73. The number of rotatable bonds is 7. The molecule has 0 spiro atoms. The number of sulfonamides is 1. The molecule has 0 unspecified atom stereocenters. The zero-order valence-electron chi connectivity index (χ0n) is 13.3. The van der Waals surface area contributed by atoms with Crippen molar-refractivity contribution < 1.29 is 22.7 Å². The molecular formula is C17H18N2O5S. The summed E-state index contributed by atoms with van der Waals surface area (Å²) in [6.45, 7) is -0.363. The van der Waals surface area contributed by atoms with Gasteiger partial charge in [0.05, 0.1) is 4.90 Å². The van der Waals surface area contributed by atoms with Crippen molar-refractivity contribution in [2.75, 3.05) is 11.9 Å². The third kappa shape index (κ3) is 6.36. The van der Waals surface area contributed by atoms with Gasteiger partial charge in [0.25, 0.3) is 5.91 Å². The monoisotopic (exact) mass is 362 g/mol. The lowest BCUT2D eigenvalue weighted by molar-refractivity contribution is -0.147. The second-order valence-electron chi connectivity index (χ2n) is 5.26. The molecule has 0 aliphatic rings. The van der Waals surface area contributed by atoms with Gasteiger partial charge in [0.2, 0.25) is 10.0 Å². The highest BCUT2D eigenvalue weighted by Gasteiger charge is 2.10. The van der Waals surface area contributed by atoms with Crippen molar-refractivity contribution in [1.29, 1.82) is 0 Å². The number of benzene rings is 2. The van der Waals surface area contributed by atoms with Crippen molar-refractivity contribution in [3.63, 3.8) is 0 Å². The van der Waals surface area contributed by atoms with E-state index >= 15 is 0 Å². The third-order valence-corrected chi connectivity index (χ3v) is 4.22. The Hall–Kier alpha value is -2.71. The molecular weight excluding hydrogens is 344 g/mol. The summed E-state index contributed by atoms with van der Waals surface area (Å²) in [6.07, 6.45) is 0.442. The molecule has 25 heavy (non-hydrogen) atoms. The van der Waals surface area contributed by atoms with E-state index in [1.165, 1.54) is 12.1 Å². The lowest BCUT2D eigenvalue weighted by Gasteiger charge is -2.07. The molecule has 2 rings (SSSR count). The summed E-state index contributed by atoms with van der Waals surface area (Å²) in [4.78, 5) is 23.4. The Morgan fingerprint density at radius 1 is 1.00 bits per heavy atom. The maximum atomic E-state index is 11.7. The van der Waals surface area contributed by atoms with Crippen LogP contribution in [-0.4, -0.2) is 26.9 Å². The fourth-order valence-electron chi connectivity index (χ4n) is 2.03. The van der Waals surface area contributed by atoms with E-state index in [0.717, 1.165) is 5.56 Å². The lowest BCUT2D eigenvalue weighted by Crippen LogP contribution is -2.21. The summed E-state index contributed by atoms with van der Waals surface area (Å²) < 4.78 is 27.2. The van der Waals surface area contributed by atoms with E-state index in [1.807, 2.05) is 6.07 Å². The number of ether oxygens (including phenoxy) is 1. The summed E-state index contributed by atoms with van der Waals surface area (Å²) in [5.74, 6) is -0.934. The Bertz CT molecular complexity index is 833. The summed E-state index contributed by atoms with van der Waals surface area (Å²) in [5, 5.41) is 7.62. The number of hydrogen-bond donors (Lipinski definition) is 2. The van der Waals surface area contributed by atoms with Crippen molar-refractivity contribution in [2.45, 2.75) is 17.7 Å². The molecule has 8 heteroatoms. The highest BCUT2D eigenvalue weighted by atomic mass is 32.2. The average Bonchev–Trinajstić information content (AvgIpc) is 2.58. The van der Waals surface area contributed by atoms with Gasteiger partial charge in [-0.2, -0.15) is 0 Å². The van der Waals surface area contributed by atoms with E-state index in [4.69, 9.17) is 9.88 Å². The van der Waals surface area contributed by atoms with Crippen LogP contribution in [0.3, 0.4) is 0 Å². The predicted molar refractivity (Wildman–Crippen MR) is 92.2 cm³/mol. The summed E-state index contributed by atoms with van der Waals surface area (Å²) >= 11 is 0. The van der Waals surface area contributed by atoms with E-state index in [1.54, 1.807) is 36.4 Å². The fourth-order valence-corrected chi connectivity index (χ4v) is 2.54. The number of carbonyl (C=O) groups is 2. The van der Waals surface area contributed by atoms with E-state index < -0.39 is 21.9 Å². The van der Waals surface area contributed by atoms with Gasteiger partial charge in [-0.25, -0.2) is 13.6 Å². The van der Waals surface area contributed by atoms with Gasteiger partial charge in [-0.1, -0.05) is 30.3 Å². The van der Waals surface area contributed by atoms with Gasteiger partial charge >= 0.3 is 5.97 Å². The van der Waals surface area contributed by atoms with Crippen LogP contribution in [0.25, 0.3) is 0 Å². The van der Waals surface area contributed by atoms with Crippen molar-refractivity contribution in [1.82, 2.24) is 0 Å². The smallest absolute Gasteiger partial charge is 0.306 e. The first-order valence-electron chi connectivity index (χ1n) is 7.47. The van der Waals surface area contributed by atoms with Gasteiger partial charge in [-0.15, -0.1) is 0 Å². The number of aryl methyl sites for hydroxylation is 1. The summed E-state index contributed by atoms with van der Waals surface area (Å²) in [5.41, 5.74) is 1.39. The maximum absolute atomic E-state index is 11.7. The van der Waals surface area contributed by atoms with Crippen LogP contribution >= 0.6 is 0 Å². The van der Waals surface area contributed by atoms with Gasteiger partial charge in [0.15, 0.2) is 6.61 Å². The van der Waals surface area contributed by atoms with Gasteiger partial charge in [0, 0.05) is 12.1 Å². The molecule has 0 radical (unpaired) electrons. The fraction of sp³-hybridized carbons (Fsp3) is 0.176. The molecule has 0 saturated heterocycles. The normalized spacial score (nSPS) is 10.9. The predicted octanol–water partition coefficient (Wildman–Crippen LogP) is 1.45. The molecule has 0 atom stereocenters. The van der Waals surface area contributed by atoms with E-state index in [-0.39, 0.29) is 17.9 Å². The van der Waals surface area contributed by atoms with Crippen molar-refractivity contribution in [2.24, 2.45) is 5.14 Å². The van der Waals surface area contributed by atoms with Gasteiger partial charge in [0.1, 0.15) is 0 Å². The number of carbonyl (C=O) groups excluding carboxylic acids is 2. The zero-order chi connectivity index (χ0) is 18.3. The number of para-hydroxylation sites is 1. The standard InChI is InChI=1S/C17H18N2O5S/c18-25(22,23)15-9-6-13(7-10-15)8-11-17(21)24-12-16(20)19-14-4-2-1-3-5-14/h1-7,9-10H,8,11-12H2,(H,19,20)(H2,18,22,23). The average molecular weight is 362 g/mol. The SMILES string of the molecule is NS(=O)(=O)c1ccc(CCC(=O)OCC(=O)Nc2ccccc2)cc1. The second kappa shape index (κ2) is 8.41. The molecule has 0 bridgehead atoms. The first-order valence-corrected chi connectivity index (χ1v) is 9.01. The van der Waals surface area contributed by atoms with Crippen LogP contribution in [0.1, 0.15) is 12.0 Å². The Morgan fingerprint density at radius 2 is 1.64 bits per heavy atom. The Balaban J connectivity index is 1.74. The molecule has 7 nitrogen and oxygen atoms in total. The number of anilines is 1. The maximum Gasteiger partial charge on any atom is 0.306 e. The van der Waals surface area contributed by atoms with Crippen LogP contribution in [0.2, 0.25) is 0 Å². The van der Waals surface area contributed by atoms with Crippen molar-refractivity contribution in [3.05, 3.63) is 60.2 Å². The van der Waals surface area contributed by atoms with Gasteiger partial charge in [-0.05, 0) is 36.2 Å². The van der Waals surface area contributed by atoms with Gasteiger partial charge in [-0.3, -0.25) is 9.59 Å². The molecule has 0 fully saturated rings. The summed E-state index contributed by atoms with van der Waals surface area (Å²) in [6, 6.07) is 14.8. The molecule has 0 aliphatic carbocycles. The number of nitrogens with two attached hydrogens (primary N) is 1. The molecule has 0 aromatic heterocycles. The highest BCUT2D eigenvalue weighted by molar-refractivity contribution is 7.89. The van der Waals surface area contributed by atoms with E-state index in [0.29, 0.717) is 12.1 Å². The lowest BCUT2D eigenvalue weighted by atomic mass is 10.1. The molecule has 132 valence electrons. The Labute approximate surface area is 145 Å². The largest absolute Gasteiger partial charge is 0.456 e. The molecule has 1 amide bonds.